The first-order chi connectivity index (χ1) is 18.3. The minimum absolute atomic E-state index is 0.163. The standard InChI is InChI=1S/C26H21BrFN3O5S2/c27-15-3-7-17(8-4-15)31-23(33)20-19(14-1-5-16(28)6-2-14)22-25(37-21(20)24(31)34)30(26(35)38-22)13-18(32)29-9-11-36-12-10-29/h1-8,19-21H,9-13H2/t19-,20-,21+/m0/s1. The van der Waals surface area contributed by atoms with Gasteiger partial charge in [-0.25, -0.2) is 9.29 Å². The smallest absolute Gasteiger partial charge is 0.308 e. The zero-order chi connectivity index (χ0) is 26.6. The van der Waals surface area contributed by atoms with Gasteiger partial charge < -0.3 is 9.64 Å². The van der Waals surface area contributed by atoms with E-state index in [0.29, 0.717) is 47.5 Å². The van der Waals surface area contributed by atoms with Crippen LogP contribution in [-0.4, -0.2) is 58.7 Å². The lowest BCUT2D eigenvalue weighted by Crippen LogP contribution is -2.43. The molecule has 3 atom stereocenters. The Kier molecular flexibility index (Phi) is 6.75. The minimum atomic E-state index is -0.799. The van der Waals surface area contributed by atoms with E-state index >= 15 is 0 Å². The highest BCUT2D eigenvalue weighted by Gasteiger charge is 2.56. The summed E-state index contributed by atoms with van der Waals surface area (Å²) in [4.78, 5) is 56.9. The highest BCUT2D eigenvalue weighted by molar-refractivity contribution is 9.10. The van der Waals surface area contributed by atoms with Gasteiger partial charge in [-0.3, -0.25) is 23.7 Å². The molecule has 2 saturated heterocycles. The number of rotatable bonds is 4. The Morgan fingerprint density at radius 2 is 1.68 bits per heavy atom. The molecule has 38 heavy (non-hydrogen) atoms. The minimum Gasteiger partial charge on any atom is -0.378 e. The van der Waals surface area contributed by atoms with Crippen LogP contribution in [0.25, 0.3) is 0 Å². The summed E-state index contributed by atoms with van der Waals surface area (Å²) in [6.45, 7) is 1.62. The monoisotopic (exact) mass is 617 g/mol. The lowest BCUT2D eigenvalue weighted by atomic mass is 9.83. The summed E-state index contributed by atoms with van der Waals surface area (Å²) in [5.74, 6) is -2.80. The van der Waals surface area contributed by atoms with Crippen molar-refractivity contribution < 1.29 is 23.5 Å². The predicted molar refractivity (Wildman–Crippen MR) is 144 cm³/mol. The van der Waals surface area contributed by atoms with E-state index in [1.165, 1.54) is 21.6 Å². The Labute approximate surface area is 233 Å². The summed E-state index contributed by atoms with van der Waals surface area (Å²) >= 11 is 5.51. The SMILES string of the molecule is O=C(Cn1c2c(sc1=O)[C@@H](c1ccc(F)cc1)[C@@H]1C(=O)N(c3ccc(Br)cc3)C(=O)[C@@H]1S2)N1CCOCC1. The molecule has 3 aliphatic rings. The number of amides is 3. The van der Waals surface area contributed by atoms with Crippen molar-refractivity contribution in [3.8, 4) is 0 Å². The van der Waals surface area contributed by atoms with Gasteiger partial charge in [0.2, 0.25) is 17.7 Å². The molecule has 196 valence electrons. The van der Waals surface area contributed by atoms with Crippen LogP contribution in [0.1, 0.15) is 16.4 Å². The number of imide groups is 1. The summed E-state index contributed by atoms with van der Waals surface area (Å²) in [7, 11) is 0. The first kappa shape index (κ1) is 25.5. The highest BCUT2D eigenvalue weighted by atomic mass is 79.9. The zero-order valence-corrected chi connectivity index (χ0v) is 23.1. The van der Waals surface area contributed by atoms with Crippen molar-refractivity contribution in [1.29, 1.82) is 0 Å². The molecule has 4 heterocycles. The van der Waals surface area contributed by atoms with Gasteiger partial charge in [0, 0.05) is 28.4 Å². The van der Waals surface area contributed by atoms with Crippen LogP contribution in [0.3, 0.4) is 0 Å². The number of fused-ring (bicyclic) bond motifs is 2. The van der Waals surface area contributed by atoms with E-state index in [0.717, 1.165) is 27.6 Å². The highest BCUT2D eigenvalue weighted by Crippen LogP contribution is 2.53. The summed E-state index contributed by atoms with van der Waals surface area (Å²) < 4.78 is 21.4. The molecule has 0 N–H and O–H groups in total. The van der Waals surface area contributed by atoms with Crippen LogP contribution in [-0.2, 0) is 25.7 Å². The van der Waals surface area contributed by atoms with E-state index in [9.17, 15) is 23.6 Å². The Morgan fingerprint density at radius 1 is 1.00 bits per heavy atom. The summed E-state index contributed by atoms with van der Waals surface area (Å²) in [6, 6.07) is 12.7. The second kappa shape index (κ2) is 10.1. The average Bonchev–Trinajstić information content (AvgIpc) is 3.36. The number of aromatic nitrogens is 1. The number of nitrogens with zero attached hydrogens (tertiary/aromatic N) is 3. The lowest BCUT2D eigenvalue weighted by molar-refractivity contribution is -0.136. The second-order valence-electron chi connectivity index (χ2n) is 9.20. The maximum atomic E-state index is 13.8. The maximum Gasteiger partial charge on any atom is 0.308 e. The van der Waals surface area contributed by atoms with Gasteiger partial charge in [0.1, 0.15) is 17.6 Å². The number of morpholine rings is 1. The van der Waals surface area contributed by atoms with Crippen LogP contribution in [0.4, 0.5) is 10.1 Å². The van der Waals surface area contributed by atoms with E-state index in [4.69, 9.17) is 4.74 Å². The third kappa shape index (κ3) is 4.33. The number of benzene rings is 2. The van der Waals surface area contributed by atoms with E-state index in [2.05, 4.69) is 15.9 Å². The quantitative estimate of drug-likeness (QED) is 0.417. The number of thioether (sulfide) groups is 1. The number of anilines is 1. The molecular formula is C26H21BrFN3O5S2. The summed E-state index contributed by atoms with van der Waals surface area (Å²) in [5.41, 5.74) is 1.09. The van der Waals surface area contributed by atoms with Crippen molar-refractivity contribution in [2.24, 2.45) is 5.92 Å². The average molecular weight is 619 g/mol. The van der Waals surface area contributed by atoms with Crippen LogP contribution >= 0.6 is 39.0 Å². The molecule has 3 aromatic rings. The van der Waals surface area contributed by atoms with Crippen molar-refractivity contribution >= 4 is 62.4 Å². The van der Waals surface area contributed by atoms with E-state index in [-0.39, 0.29) is 29.1 Å². The van der Waals surface area contributed by atoms with Crippen LogP contribution in [0.5, 0.6) is 0 Å². The number of hydrogen-bond acceptors (Lipinski definition) is 7. The lowest BCUT2D eigenvalue weighted by Gasteiger charge is -2.31. The molecule has 0 saturated carbocycles. The third-order valence-electron chi connectivity index (χ3n) is 7.02. The normalized spacial score (nSPS) is 22.9. The summed E-state index contributed by atoms with van der Waals surface area (Å²) in [6.07, 6.45) is 0. The Bertz CT molecular complexity index is 1480. The first-order valence-corrected chi connectivity index (χ1v) is 14.5. The van der Waals surface area contributed by atoms with E-state index in [1.54, 1.807) is 41.3 Å². The number of ether oxygens (including phenoxy) is 1. The number of halogens is 2. The number of carbonyl (C=O) groups is 3. The number of carbonyl (C=O) groups excluding carboxylic acids is 3. The molecule has 0 spiro atoms. The molecule has 0 bridgehead atoms. The molecule has 8 nitrogen and oxygen atoms in total. The first-order valence-electron chi connectivity index (χ1n) is 12.0. The van der Waals surface area contributed by atoms with E-state index in [1.807, 2.05) is 0 Å². The van der Waals surface area contributed by atoms with Crippen molar-refractivity contribution in [1.82, 2.24) is 9.47 Å². The molecule has 0 radical (unpaired) electrons. The van der Waals surface area contributed by atoms with E-state index < -0.39 is 22.9 Å². The van der Waals surface area contributed by atoms with Gasteiger partial charge in [-0.15, -0.1) is 0 Å². The fourth-order valence-electron chi connectivity index (χ4n) is 5.18. The van der Waals surface area contributed by atoms with Gasteiger partial charge in [-0.1, -0.05) is 51.2 Å². The maximum absolute atomic E-state index is 13.8. The molecule has 3 amide bonds. The molecule has 0 unspecified atom stereocenters. The van der Waals surface area contributed by atoms with Gasteiger partial charge >= 0.3 is 4.87 Å². The Morgan fingerprint density at radius 3 is 2.37 bits per heavy atom. The van der Waals surface area contributed by atoms with Gasteiger partial charge in [-0.05, 0) is 42.0 Å². The van der Waals surface area contributed by atoms with Crippen LogP contribution < -0.4 is 9.77 Å². The molecule has 1 aromatic heterocycles. The number of thiazole rings is 1. The molecule has 6 rings (SSSR count). The van der Waals surface area contributed by atoms with Crippen molar-refractivity contribution in [3.05, 3.63) is 78.9 Å². The Hall–Kier alpha value is -2.80. The molecule has 0 aliphatic carbocycles. The zero-order valence-electron chi connectivity index (χ0n) is 19.8. The third-order valence-corrected chi connectivity index (χ3v) is 10.2. The number of hydrogen-bond donors (Lipinski definition) is 0. The Balaban J connectivity index is 1.43. The van der Waals surface area contributed by atoms with Gasteiger partial charge in [0.15, 0.2) is 0 Å². The van der Waals surface area contributed by atoms with Crippen LogP contribution in [0.15, 0.2) is 62.8 Å². The molecule has 2 aromatic carbocycles. The largest absolute Gasteiger partial charge is 0.378 e. The fraction of sp³-hybridized carbons (Fsp3) is 0.308. The molecule has 2 fully saturated rings. The van der Waals surface area contributed by atoms with Gasteiger partial charge in [-0.2, -0.15) is 0 Å². The van der Waals surface area contributed by atoms with Crippen molar-refractivity contribution in [2.75, 3.05) is 31.2 Å². The van der Waals surface area contributed by atoms with Crippen LogP contribution in [0, 0.1) is 11.7 Å². The fourth-order valence-corrected chi connectivity index (χ4v) is 8.21. The molecule has 3 aliphatic heterocycles. The van der Waals surface area contributed by atoms with Crippen molar-refractivity contribution in [2.45, 2.75) is 22.7 Å². The summed E-state index contributed by atoms with van der Waals surface area (Å²) in [5, 5.41) is -0.288. The molecular weight excluding hydrogens is 597 g/mol. The second-order valence-corrected chi connectivity index (χ2v) is 12.2. The van der Waals surface area contributed by atoms with Crippen LogP contribution in [0.2, 0.25) is 0 Å². The van der Waals surface area contributed by atoms with Gasteiger partial charge in [0.25, 0.3) is 0 Å². The topological polar surface area (TPSA) is 88.9 Å². The molecule has 12 heteroatoms. The van der Waals surface area contributed by atoms with Crippen molar-refractivity contribution in [3.63, 3.8) is 0 Å². The predicted octanol–water partition coefficient (Wildman–Crippen LogP) is 3.47. The van der Waals surface area contributed by atoms with Gasteiger partial charge in [0.05, 0.1) is 29.8 Å².